The summed E-state index contributed by atoms with van der Waals surface area (Å²) in [6.45, 7) is 2.56. The number of hydrogen-bond donors (Lipinski definition) is 0. The van der Waals surface area contributed by atoms with Gasteiger partial charge in [0.25, 0.3) is 5.91 Å². The largest absolute Gasteiger partial charge is 0.489 e. The maximum atomic E-state index is 12.7. The number of carbonyl (C=O) groups is 1. The Hall–Kier alpha value is -2.41. The molecular weight excluding hydrogens is 352 g/mol. The summed E-state index contributed by atoms with van der Waals surface area (Å²) >= 11 is 0. The van der Waals surface area contributed by atoms with E-state index in [0.717, 1.165) is 5.56 Å². The molecule has 1 unspecified atom stereocenters. The minimum absolute atomic E-state index is 0.0240. The highest BCUT2D eigenvalue weighted by molar-refractivity contribution is 7.91. The molecule has 1 saturated heterocycles. The standard InChI is InChI=1S/C19H22N2O4S/c1-15-8-12-26(23,24)13-11-21(15)19(22)17-2-4-18(5-3-17)25-14-16-6-9-20-10-7-16/h2-7,9-10,15H,8,11-14H2,1H3. The predicted molar refractivity (Wildman–Crippen MR) is 98.8 cm³/mol. The van der Waals surface area contributed by atoms with Gasteiger partial charge in [-0.3, -0.25) is 9.78 Å². The lowest BCUT2D eigenvalue weighted by Crippen LogP contribution is -2.39. The third kappa shape index (κ3) is 4.60. The van der Waals surface area contributed by atoms with Crippen LogP contribution in [0.15, 0.2) is 48.8 Å². The lowest BCUT2D eigenvalue weighted by atomic mass is 10.1. The van der Waals surface area contributed by atoms with E-state index < -0.39 is 9.84 Å². The number of pyridine rings is 1. The van der Waals surface area contributed by atoms with E-state index in [9.17, 15) is 13.2 Å². The molecule has 0 spiro atoms. The van der Waals surface area contributed by atoms with Gasteiger partial charge in [0, 0.05) is 30.5 Å². The van der Waals surface area contributed by atoms with E-state index in [1.165, 1.54) is 0 Å². The normalized spacial score (nSPS) is 19.6. The molecule has 0 radical (unpaired) electrons. The molecule has 1 aliphatic heterocycles. The topological polar surface area (TPSA) is 76.6 Å². The number of carbonyl (C=O) groups excluding carboxylic acids is 1. The van der Waals surface area contributed by atoms with Gasteiger partial charge in [-0.2, -0.15) is 0 Å². The second-order valence-corrected chi connectivity index (χ2v) is 8.76. The van der Waals surface area contributed by atoms with Crippen LogP contribution in [0.3, 0.4) is 0 Å². The molecule has 7 heteroatoms. The molecule has 1 amide bonds. The van der Waals surface area contributed by atoms with Crippen molar-refractivity contribution >= 4 is 15.7 Å². The first-order chi connectivity index (χ1) is 12.4. The summed E-state index contributed by atoms with van der Waals surface area (Å²) in [5, 5.41) is 0. The molecule has 1 aromatic heterocycles. The first-order valence-electron chi connectivity index (χ1n) is 8.58. The molecule has 1 aromatic carbocycles. The predicted octanol–water partition coefficient (Wildman–Crippen LogP) is 2.31. The fourth-order valence-electron chi connectivity index (χ4n) is 2.87. The number of hydrogen-bond acceptors (Lipinski definition) is 5. The van der Waals surface area contributed by atoms with E-state index in [1.54, 1.807) is 41.6 Å². The monoisotopic (exact) mass is 374 g/mol. The van der Waals surface area contributed by atoms with E-state index in [0.29, 0.717) is 24.3 Å². The minimum Gasteiger partial charge on any atom is -0.489 e. The highest BCUT2D eigenvalue weighted by Crippen LogP contribution is 2.19. The van der Waals surface area contributed by atoms with Crippen LogP contribution in [0.5, 0.6) is 5.75 Å². The summed E-state index contributed by atoms with van der Waals surface area (Å²) < 4.78 is 29.3. The third-order valence-corrected chi connectivity index (χ3v) is 6.20. The van der Waals surface area contributed by atoms with Gasteiger partial charge in [0.2, 0.25) is 0 Å². The SMILES string of the molecule is CC1CCS(=O)(=O)CCN1C(=O)c1ccc(OCc2ccncc2)cc1. The van der Waals surface area contributed by atoms with Crippen molar-refractivity contribution in [2.45, 2.75) is 26.0 Å². The molecule has 0 N–H and O–H groups in total. The molecule has 0 bridgehead atoms. The van der Waals surface area contributed by atoms with Gasteiger partial charge in [-0.1, -0.05) is 0 Å². The van der Waals surface area contributed by atoms with Crippen LogP contribution in [0, 0.1) is 0 Å². The molecule has 2 heterocycles. The Kier molecular flexibility index (Phi) is 5.56. The van der Waals surface area contributed by atoms with Crippen LogP contribution in [0.1, 0.15) is 29.3 Å². The molecule has 3 rings (SSSR count). The summed E-state index contributed by atoms with van der Waals surface area (Å²) in [6.07, 6.45) is 3.90. The van der Waals surface area contributed by atoms with Gasteiger partial charge < -0.3 is 9.64 Å². The lowest BCUT2D eigenvalue weighted by Gasteiger charge is -2.26. The Morgan fingerprint density at radius 2 is 1.85 bits per heavy atom. The van der Waals surface area contributed by atoms with Gasteiger partial charge >= 0.3 is 0 Å². The quantitative estimate of drug-likeness (QED) is 0.821. The highest BCUT2D eigenvalue weighted by Gasteiger charge is 2.28. The van der Waals surface area contributed by atoms with E-state index in [2.05, 4.69) is 4.98 Å². The van der Waals surface area contributed by atoms with Crippen molar-refractivity contribution in [3.63, 3.8) is 0 Å². The number of rotatable bonds is 4. The fraction of sp³-hybridized carbons (Fsp3) is 0.368. The molecule has 1 atom stereocenters. The maximum Gasteiger partial charge on any atom is 0.254 e. The van der Waals surface area contributed by atoms with Crippen LogP contribution in [0.2, 0.25) is 0 Å². The molecule has 0 saturated carbocycles. The van der Waals surface area contributed by atoms with Crippen molar-refractivity contribution in [2.75, 3.05) is 18.1 Å². The average molecular weight is 374 g/mol. The molecule has 0 aliphatic carbocycles. The van der Waals surface area contributed by atoms with Crippen molar-refractivity contribution in [2.24, 2.45) is 0 Å². The minimum atomic E-state index is -3.06. The van der Waals surface area contributed by atoms with Gasteiger partial charge in [-0.25, -0.2) is 8.42 Å². The maximum absolute atomic E-state index is 12.7. The van der Waals surface area contributed by atoms with Gasteiger partial charge in [0.05, 0.1) is 11.5 Å². The molecule has 26 heavy (non-hydrogen) atoms. The molecular formula is C19H22N2O4S. The summed E-state index contributed by atoms with van der Waals surface area (Å²) in [5.41, 5.74) is 1.55. The van der Waals surface area contributed by atoms with Crippen molar-refractivity contribution in [3.05, 3.63) is 59.9 Å². The molecule has 6 nitrogen and oxygen atoms in total. The Bertz CT molecular complexity index is 851. The number of nitrogens with zero attached hydrogens (tertiary/aromatic N) is 2. The summed E-state index contributed by atoms with van der Waals surface area (Å²) in [7, 11) is -3.06. The van der Waals surface area contributed by atoms with E-state index in [4.69, 9.17) is 4.74 Å². The first kappa shape index (κ1) is 18.4. The van der Waals surface area contributed by atoms with Crippen molar-refractivity contribution < 1.29 is 17.9 Å². The Labute approximate surface area is 153 Å². The fourth-order valence-corrected chi connectivity index (χ4v) is 4.25. The lowest BCUT2D eigenvalue weighted by molar-refractivity contribution is 0.0706. The van der Waals surface area contributed by atoms with Crippen LogP contribution in [-0.2, 0) is 16.4 Å². The Morgan fingerprint density at radius 1 is 1.15 bits per heavy atom. The van der Waals surface area contributed by atoms with Gasteiger partial charge in [0.1, 0.15) is 12.4 Å². The van der Waals surface area contributed by atoms with E-state index >= 15 is 0 Å². The number of ether oxygens (including phenoxy) is 1. The zero-order chi connectivity index (χ0) is 18.6. The second-order valence-electron chi connectivity index (χ2n) is 6.46. The number of benzene rings is 1. The number of aromatic nitrogens is 1. The van der Waals surface area contributed by atoms with Crippen molar-refractivity contribution in [1.29, 1.82) is 0 Å². The number of amides is 1. The second kappa shape index (κ2) is 7.86. The summed E-state index contributed by atoms with van der Waals surface area (Å²) in [6, 6.07) is 10.6. The zero-order valence-electron chi connectivity index (χ0n) is 14.7. The molecule has 1 aliphatic rings. The number of sulfone groups is 1. The van der Waals surface area contributed by atoms with Crippen LogP contribution in [-0.4, -0.2) is 48.3 Å². The smallest absolute Gasteiger partial charge is 0.254 e. The van der Waals surface area contributed by atoms with Gasteiger partial charge in [-0.05, 0) is 55.3 Å². The Balaban J connectivity index is 1.64. The van der Waals surface area contributed by atoms with Crippen LogP contribution in [0.4, 0.5) is 0 Å². The summed E-state index contributed by atoms with van der Waals surface area (Å²) in [4.78, 5) is 18.4. The molecule has 1 fully saturated rings. The first-order valence-corrected chi connectivity index (χ1v) is 10.4. The molecule has 138 valence electrons. The van der Waals surface area contributed by atoms with E-state index in [-0.39, 0.29) is 30.0 Å². The van der Waals surface area contributed by atoms with Crippen LogP contribution < -0.4 is 4.74 Å². The highest BCUT2D eigenvalue weighted by atomic mass is 32.2. The van der Waals surface area contributed by atoms with Crippen LogP contribution in [0.25, 0.3) is 0 Å². The van der Waals surface area contributed by atoms with E-state index in [1.807, 2.05) is 19.1 Å². The van der Waals surface area contributed by atoms with Crippen molar-refractivity contribution in [3.8, 4) is 5.75 Å². The Morgan fingerprint density at radius 3 is 2.54 bits per heavy atom. The zero-order valence-corrected chi connectivity index (χ0v) is 15.5. The van der Waals surface area contributed by atoms with Gasteiger partial charge in [0.15, 0.2) is 9.84 Å². The van der Waals surface area contributed by atoms with Gasteiger partial charge in [-0.15, -0.1) is 0 Å². The average Bonchev–Trinajstić information content (AvgIpc) is 2.79. The third-order valence-electron chi connectivity index (χ3n) is 4.54. The van der Waals surface area contributed by atoms with Crippen LogP contribution >= 0.6 is 0 Å². The molecule has 2 aromatic rings. The summed E-state index contributed by atoms with van der Waals surface area (Å²) in [5.74, 6) is 0.691. The van der Waals surface area contributed by atoms with Crippen molar-refractivity contribution in [1.82, 2.24) is 9.88 Å².